The lowest BCUT2D eigenvalue weighted by Crippen LogP contribution is -2.59. The summed E-state index contributed by atoms with van der Waals surface area (Å²) in [5, 5.41) is 7.24. The predicted octanol–water partition coefficient (Wildman–Crippen LogP) is 4.58. The Balaban J connectivity index is 1.44. The number of hydrazone groups is 1. The highest BCUT2D eigenvalue weighted by molar-refractivity contribution is 6.02. The molecule has 1 spiro atoms. The van der Waals surface area contributed by atoms with E-state index < -0.39 is 5.72 Å². The molecular weight excluding hydrogens is 406 g/mol. The molecular formula is C25H29N3O4. The van der Waals surface area contributed by atoms with E-state index in [0.29, 0.717) is 39.1 Å². The first-order valence-electron chi connectivity index (χ1n) is 11.4. The normalized spacial score (nSPS) is 20.8. The lowest BCUT2D eigenvalue weighted by Gasteiger charge is -2.50. The number of hydrogen-bond donors (Lipinski definition) is 0. The number of piperidine rings is 1. The Bertz CT molecular complexity index is 1010. The smallest absolute Gasteiger partial charge is 0.409 e. The molecule has 7 nitrogen and oxygen atoms in total. The van der Waals surface area contributed by atoms with Gasteiger partial charge in [0, 0.05) is 37.9 Å². The van der Waals surface area contributed by atoms with E-state index in [9.17, 15) is 4.79 Å². The number of nitrogens with zero attached hydrogens (tertiary/aromatic N) is 3. The molecule has 3 aliphatic rings. The first-order valence-corrected chi connectivity index (χ1v) is 11.4. The average Bonchev–Trinajstić information content (AvgIpc) is 3.27. The maximum absolute atomic E-state index is 12.2. The number of ether oxygens (including phenoxy) is 3. The van der Waals surface area contributed by atoms with Crippen molar-refractivity contribution in [2.24, 2.45) is 5.10 Å². The number of benzene rings is 2. The van der Waals surface area contributed by atoms with E-state index >= 15 is 0 Å². The maximum atomic E-state index is 12.2. The molecule has 1 saturated heterocycles. The molecule has 168 valence electrons. The summed E-state index contributed by atoms with van der Waals surface area (Å²) in [5.74, 6) is 1.78. The summed E-state index contributed by atoms with van der Waals surface area (Å²) < 4.78 is 17.4. The largest absolute Gasteiger partial charge is 0.494 e. The van der Waals surface area contributed by atoms with Gasteiger partial charge in [-0.2, -0.15) is 5.10 Å². The second-order valence-corrected chi connectivity index (χ2v) is 8.34. The molecule has 0 aliphatic carbocycles. The van der Waals surface area contributed by atoms with Crippen molar-refractivity contribution in [2.75, 3.05) is 26.3 Å². The Kier molecular flexibility index (Phi) is 5.41. The number of likely N-dealkylation sites (tertiary alicyclic amines) is 1. The van der Waals surface area contributed by atoms with E-state index in [1.165, 1.54) is 0 Å². The highest BCUT2D eigenvalue weighted by atomic mass is 16.6. The molecule has 0 saturated carbocycles. The van der Waals surface area contributed by atoms with E-state index in [4.69, 9.17) is 19.3 Å². The molecule has 1 amide bonds. The highest BCUT2D eigenvalue weighted by Gasteiger charge is 2.52. The zero-order valence-electron chi connectivity index (χ0n) is 18.6. The summed E-state index contributed by atoms with van der Waals surface area (Å²) in [6, 6.07) is 16.5. The molecule has 1 atom stereocenters. The summed E-state index contributed by atoms with van der Waals surface area (Å²) in [5.41, 5.74) is 2.75. The molecule has 2 aromatic rings. The molecule has 0 unspecified atom stereocenters. The SMILES string of the molecule is CCOC(=O)N1CCC2(CC1)Oc1ccccc1[C@@H]1CC(c3ccc(OCC)cc3)=NN12. The van der Waals surface area contributed by atoms with Crippen LogP contribution in [-0.2, 0) is 4.74 Å². The van der Waals surface area contributed by atoms with Crippen molar-refractivity contribution >= 4 is 11.8 Å². The van der Waals surface area contributed by atoms with Gasteiger partial charge >= 0.3 is 6.09 Å². The molecule has 2 aromatic carbocycles. The third-order valence-corrected chi connectivity index (χ3v) is 6.48. The lowest BCUT2D eigenvalue weighted by atomic mass is 9.91. The van der Waals surface area contributed by atoms with E-state index in [1.54, 1.807) is 4.90 Å². The molecule has 7 heteroatoms. The fourth-order valence-electron chi connectivity index (χ4n) is 4.90. The summed E-state index contributed by atoms with van der Waals surface area (Å²) in [6.45, 7) is 6.01. The van der Waals surface area contributed by atoms with Crippen molar-refractivity contribution in [3.8, 4) is 11.5 Å². The standard InChI is InChI=1S/C25H29N3O4/c1-3-30-19-11-9-18(10-12-19)21-17-22-20-7-5-6-8-23(20)32-25(28(22)26-21)13-15-27(16-14-25)24(29)31-4-2/h5-12,22H,3-4,13-17H2,1-2H3/t22-/m0/s1. The van der Waals surface area contributed by atoms with Gasteiger partial charge in [-0.05, 0) is 49.7 Å². The van der Waals surface area contributed by atoms with Crippen LogP contribution < -0.4 is 9.47 Å². The first-order chi connectivity index (χ1) is 15.6. The van der Waals surface area contributed by atoms with E-state index in [2.05, 4.69) is 29.3 Å². The van der Waals surface area contributed by atoms with Crippen molar-refractivity contribution < 1.29 is 19.0 Å². The van der Waals surface area contributed by atoms with Gasteiger partial charge in [0.15, 0.2) is 0 Å². The van der Waals surface area contributed by atoms with E-state index in [0.717, 1.165) is 34.8 Å². The predicted molar refractivity (Wildman–Crippen MR) is 121 cm³/mol. The van der Waals surface area contributed by atoms with Crippen LogP contribution in [-0.4, -0.2) is 53.7 Å². The minimum atomic E-state index is -0.560. The van der Waals surface area contributed by atoms with Crippen molar-refractivity contribution in [2.45, 2.75) is 44.9 Å². The first kappa shape index (κ1) is 20.7. The lowest BCUT2D eigenvalue weighted by molar-refractivity contribution is -0.147. The number of carbonyl (C=O) groups is 1. The van der Waals surface area contributed by atoms with Crippen LogP contribution in [0.2, 0.25) is 0 Å². The zero-order valence-corrected chi connectivity index (χ0v) is 18.6. The van der Waals surface area contributed by atoms with Gasteiger partial charge in [-0.15, -0.1) is 0 Å². The van der Waals surface area contributed by atoms with Crippen LogP contribution in [0.4, 0.5) is 4.79 Å². The summed E-state index contributed by atoms with van der Waals surface area (Å²) >= 11 is 0. The third kappa shape index (κ3) is 3.55. The van der Waals surface area contributed by atoms with E-state index in [-0.39, 0.29) is 12.1 Å². The Morgan fingerprint density at radius 2 is 1.84 bits per heavy atom. The van der Waals surface area contributed by atoms with Gasteiger partial charge in [0.25, 0.3) is 0 Å². The van der Waals surface area contributed by atoms with Gasteiger partial charge < -0.3 is 19.1 Å². The average molecular weight is 436 g/mol. The number of fused-ring (bicyclic) bond motifs is 4. The molecule has 0 bridgehead atoms. The number of amides is 1. The summed E-state index contributed by atoms with van der Waals surface area (Å²) in [6.07, 6.45) is 1.92. The van der Waals surface area contributed by atoms with Gasteiger partial charge in [-0.1, -0.05) is 18.2 Å². The third-order valence-electron chi connectivity index (χ3n) is 6.48. The fraction of sp³-hybridized carbons (Fsp3) is 0.440. The quantitative estimate of drug-likeness (QED) is 0.704. The molecule has 0 aromatic heterocycles. The monoisotopic (exact) mass is 435 g/mol. The van der Waals surface area contributed by atoms with Gasteiger partial charge in [0.1, 0.15) is 11.5 Å². The zero-order chi connectivity index (χ0) is 22.1. The highest BCUT2D eigenvalue weighted by Crippen LogP contribution is 2.49. The molecule has 0 N–H and O–H groups in total. The van der Waals surface area contributed by atoms with Crippen molar-refractivity contribution in [3.63, 3.8) is 0 Å². The number of rotatable bonds is 4. The van der Waals surface area contributed by atoms with Crippen LogP contribution in [0.5, 0.6) is 11.5 Å². The van der Waals surface area contributed by atoms with Crippen LogP contribution >= 0.6 is 0 Å². The van der Waals surface area contributed by atoms with Crippen LogP contribution in [0, 0.1) is 0 Å². The van der Waals surface area contributed by atoms with E-state index in [1.807, 2.05) is 38.1 Å². The topological polar surface area (TPSA) is 63.6 Å². The van der Waals surface area contributed by atoms with Gasteiger partial charge in [0.05, 0.1) is 25.0 Å². The second-order valence-electron chi connectivity index (χ2n) is 8.34. The Morgan fingerprint density at radius 1 is 1.09 bits per heavy atom. The van der Waals surface area contributed by atoms with Crippen molar-refractivity contribution in [1.82, 2.24) is 9.91 Å². The van der Waals surface area contributed by atoms with Crippen LogP contribution in [0.1, 0.15) is 50.3 Å². The van der Waals surface area contributed by atoms with Crippen molar-refractivity contribution in [1.29, 1.82) is 0 Å². The van der Waals surface area contributed by atoms with Crippen molar-refractivity contribution in [3.05, 3.63) is 59.7 Å². The van der Waals surface area contributed by atoms with Crippen LogP contribution in [0.15, 0.2) is 53.6 Å². The number of hydrogen-bond acceptors (Lipinski definition) is 6. The number of para-hydroxylation sites is 1. The minimum absolute atomic E-state index is 0.121. The Morgan fingerprint density at radius 3 is 2.56 bits per heavy atom. The van der Waals surface area contributed by atoms with Crippen LogP contribution in [0.3, 0.4) is 0 Å². The second kappa shape index (κ2) is 8.37. The van der Waals surface area contributed by atoms with Gasteiger partial charge in [-0.25, -0.2) is 9.80 Å². The Hall–Kier alpha value is -3.22. The van der Waals surface area contributed by atoms with Gasteiger partial charge in [-0.3, -0.25) is 0 Å². The molecule has 0 radical (unpaired) electrons. The molecule has 3 heterocycles. The molecule has 32 heavy (non-hydrogen) atoms. The fourth-order valence-corrected chi connectivity index (χ4v) is 4.90. The molecule has 1 fully saturated rings. The van der Waals surface area contributed by atoms with Gasteiger partial charge in [0.2, 0.25) is 5.72 Å². The summed E-state index contributed by atoms with van der Waals surface area (Å²) in [7, 11) is 0. The summed E-state index contributed by atoms with van der Waals surface area (Å²) in [4.78, 5) is 14.0. The molecule has 3 aliphatic heterocycles. The Labute approximate surface area is 188 Å². The minimum Gasteiger partial charge on any atom is -0.494 e. The maximum Gasteiger partial charge on any atom is 0.409 e. The van der Waals surface area contributed by atoms with Crippen LogP contribution in [0.25, 0.3) is 0 Å². The number of carbonyl (C=O) groups excluding carboxylic acids is 1. The molecule has 5 rings (SSSR count).